The first-order valence-electron chi connectivity index (χ1n) is 9.05. The maximum Gasteiger partial charge on any atom is 0.416 e. The van der Waals surface area contributed by atoms with Gasteiger partial charge in [-0.1, -0.05) is 29.1 Å². The quantitative estimate of drug-likeness (QED) is 0.362. The summed E-state index contributed by atoms with van der Waals surface area (Å²) >= 11 is 1.21. The number of nitrogen functional groups attached to an aromatic ring is 1. The molecule has 0 aliphatic rings. The average molecular weight is 450 g/mol. The third kappa shape index (κ3) is 4.13. The minimum absolute atomic E-state index is 0.0612. The Hall–Kier alpha value is -3.35. The van der Waals surface area contributed by atoms with Crippen LogP contribution in [0.4, 0.5) is 13.2 Å². The highest BCUT2D eigenvalue weighted by Gasteiger charge is 2.31. The van der Waals surface area contributed by atoms with E-state index in [2.05, 4.69) is 25.4 Å². The highest BCUT2D eigenvalue weighted by atomic mass is 32.2. The summed E-state index contributed by atoms with van der Waals surface area (Å²) in [5.41, 5.74) is 1.09. The van der Waals surface area contributed by atoms with E-state index in [0.717, 1.165) is 23.5 Å². The van der Waals surface area contributed by atoms with Crippen molar-refractivity contribution in [2.24, 2.45) is 0 Å². The summed E-state index contributed by atoms with van der Waals surface area (Å²) in [6, 6.07) is 6.63. The Morgan fingerprint density at radius 1 is 1.16 bits per heavy atom. The van der Waals surface area contributed by atoms with Crippen molar-refractivity contribution >= 4 is 11.8 Å². The van der Waals surface area contributed by atoms with Crippen LogP contribution in [-0.4, -0.2) is 34.8 Å². The van der Waals surface area contributed by atoms with E-state index in [-0.39, 0.29) is 22.5 Å². The smallest absolute Gasteiger partial charge is 0.338 e. The van der Waals surface area contributed by atoms with Gasteiger partial charge in [-0.3, -0.25) is 0 Å². The van der Waals surface area contributed by atoms with Crippen molar-refractivity contribution in [2.75, 3.05) is 5.84 Å². The van der Waals surface area contributed by atoms with Gasteiger partial charge in [0.1, 0.15) is 0 Å². The second-order valence-electron chi connectivity index (χ2n) is 6.79. The van der Waals surface area contributed by atoms with Crippen molar-refractivity contribution < 1.29 is 17.7 Å². The Kier molecular flexibility index (Phi) is 5.21. The number of alkyl halides is 3. The van der Waals surface area contributed by atoms with Gasteiger partial charge in [-0.25, -0.2) is 9.36 Å². The van der Waals surface area contributed by atoms with Crippen molar-refractivity contribution in [1.29, 1.82) is 0 Å². The summed E-state index contributed by atoms with van der Waals surface area (Å²) in [6.45, 7) is 5.51. The van der Waals surface area contributed by atoms with Gasteiger partial charge in [-0.2, -0.15) is 23.3 Å². The van der Waals surface area contributed by atoms with Crippen LogP contribution in [-0.2, 0) is 6.18 Å². The zero-order valence-electron chi connectivity index (χ0n) is 16.6. The molecule has 4 rings (SSSR count). The van der Waals surface area contributed by atoms with E-state index in [0.29, 0.717) is 11.1 Å². The van der Waals surface area contributed by atoms with Gasteiger partial charge >= 0.3 is 6.18 Å². The zero-order valence-corrected chi connectivity index (χ0v) is 17.4. The van der Waals surface area contributed by atoms with Crippen LogP contribution >= 0.6 is 11.8 Å². The van der Waals surface area contributed by atoms with Crippen molar-refractivity contribution in [3.63, 3.8) is 0 Å². The predicted molar refractivity (Wildman–Crippen MR) is 106 cm³/mol. The standard InChI is InChI=1S/C18H17F3N8OS/c1-9-7-10(2)29(26-9)16-24-25-17(28(16)22)31-11(3)15-23-14(27-30-15)12-5-4-6-13(8-12)18(19,20)21/h4-8,11H,22H2,1-3H3. The number of aromatic nitrogens is 7. The summed E-state index contributed by atoms with van der Waals surface area (Å²) in [6.07, 6.45) is -4.46. The van der Waals surface area contributed by atoms with E-state index in [1.807, 2.05) is 19.9 Å². The molecule has 3 aromatic heterocycles. The first-order chi connectivity index (χ1) is 14.6. The average Bonchev–Trinajstić information content (AvgIpc) is 3.41. The van der Waals surface area contributed by atoms with Gasteiger partial charge < -0.3 is 10.4 Å². The first kappa shape index (κ1) is 20.9. The van der Waals surface area contributed by atoms with E-state index in [1.165, 1.54) is 28.6 Å². The van der Waals surface area contributed by atoms with Crippen molar-refractivity contribution in [3.05, 3.63) is 53.2 Å². The van der Waals surface area contributed by atoms with Gasteiger partial charge in [0.25, 0.3) is 5.95 Å². The van der Waals surface area contributed by atoms with Crippen LogP contribution < -0.4 is 5.84 Å². The third-order valence-electron chi connectivity index (χ3n) is 4.37. The van der Waals surface area contributed by atoms with Crippen LogP contribution in [0.5, 0.6) is 0 Å². The number of nitrogens with zero attached hydrogens (tertiary/aromatic N) is 7. The summed E-state index contributed by atoms with van der Waals surface area (Å²) in [5, 5.41) is 16.3. The normalized spacial score (nSPS) is 13.0. The third-order valence-corrected chi connectivity index (χ3v) is 5.41. The van der Waals surface area contributed by atoms with Gasteiger partial charge in [0.2, 0.25) is 16.9 Å². The Morgan fingerprint density at radius 3 is 2.61 bits per heavy atom. The van der Waals surface area contributed by atoms with E-state index < -0.39 is 11.7 Å². The summed E-state index contributed by atoms with van der Waals surface area (Å²) in [7, 11) is 0. The molecule has 0 bridgehead atoms. The zero-order chi connectivity index (χ0) is 22.3. The lowest BCUT2D eigenvalue weighted by molar-refractivity contribution is -0.137. The molecular weight excluding hydrogens is 433 g/mol. The molecular formula is C18H17F3N8OS. The largest absolute Gasteiger partial charge is 0.416 e. The molecule has 2 N–H and O–H groups in total. The molecule has 31 heavy (non-hydrogen) atoms. The SMILES string of the molecule is Cc1cc(C)n(-c2nnc(SC(C)c3nc(-c4cccc(C(F)(F)F)c4)no3)n2N)n1. The van der Waals surface area contributed by atoms with Crippen LogP contribution in [0.3, 0.4) is 0 Å². The number of aryl methyl sites for hydroxylation is 2. The Labute approximate surface area is 178 Å². The number of benzene rings is 1. The number of nitrogens with two attached hydrogens (primary N) is 1. The van der Waals surface area contributed by atoms with Crippen LogP contribution in [0.15, 0.2) is 40.0 Å². The molecule has 0 radical (unpaired) electrons. The summed E-state index contributed by atoms with van der Waals surface area (Å²) < 4.78 is 47.0. The minimum atomic E-state index is -4.46. The van der Waals surface area contributed by atoms with Crippen molar-refractivity contribution in [3.8, 4) is 17.3 Å². The van der Waals surface area contributed by atoms with E-state index in [1.54, 1.807) is 11.6 Å². The van der Waals surface area contributed by atoms with Gasteiger partial charge in [0.15, 0.2) is 0 Å². The number of halogens is 3. The molecule has 0 spiro atoms. The monoisotopic (exact) mass is 450 g/mol. The first-order valence-corrected chi connectivity index (χ1v) is 9.93. The molecule has 4 aromatic rings. The highest BCUT2D eigenvalue weighted by molar-refractivity contribution is 7.99. The Bertz CT molecular complexity index is 1230. The van der Waals surface area contributed by atoms with Crippen molar-refractivity contribution in [2.45, 2.75) is 37.4 Å². The maximum absolute atomic E-state index is 12.9. The predicted octanol–water partition coefficient (Wildman–Crippen LogP) is 3.72. The second-order valence-corrected chi connectivity index (χ2v) is 8.09. The minimum Gasteiger partial charge on any atom is -0.338 e. The number of thioether (sulfide) groups is 1. The topological polar surface area (TPSA) is 113 Å². The highest BCUT2D eigenvalue weighted by Crippen LogP contribution is 2.35. The van der Waals surface area contributed by atoms with Crippen LogP contribution in [0.25, 0.3) is 17.3 Å². The molecule has 1 atom stereocenters. The van der Waals surface area contributed by atoms with Crippen LogP contribution in [0, 0.1) is 13.8 Å². The number of rotatable bonds is 5. The molecule has 0 amide bonds. The molecule has 1 unspecified atom stereocenters. The fraction of sp³-hybridized carbons (Fsp3) is 0.278. The fourth-order valence-electron chi connectivity index (χ4n) is 2.89. The second kappa shape index (κ2) is 7.72. The summed E-state index contributed by atoms with van der Waals surface area (Å²) in [5.74, 6) is 6.75. The molecule has 13 heteroatoms. The maximum atomic E-state index is 12.9. The lowest BCUT2D eigenvalue weighted by Crippen LogP contribution is -2.17. The molecule has 3 heterocycles. The molecule has 0 fully saturated rings. The van der Waals surface area contributed by atoms with Crippen LogP contribution in [0.1, 0.15) is 35.0 Å². The van der Waals surface area contributed by atoms with Gasteiger partial charge in [0.05, 0.1) is 16.5 Å². The van der Waals surface area contributed by atoms with Crippen LogP contribution in [0.2, 0.25) is 0 Å². The van der Waals surface area contributed by atoms with Crippen molar-refractivity contribution in [1.82, 2.24) is 34.8 Å². The molecule has 1 aromatic carbocycles. The molecule has 9 nitrogen and oxygen atoms in total. The van der Waals surface area contributed by atoms with E-state index in [9.17, 15) is 13.2 Å². The van der Waals surface area contributed by atoms with Gasteiger partial charge in [0, 0.05) is 11.3 Å². The molecule has 0 aliphatic heterocycles. The Balaban J connectivity index is 1.54. The molecule has 162 valence electrons. The molecule has 0 saturated heterocycles. The summed E-state index contributed by atoms with van der Waals surface area (Å²) in [4.78, 5) is 4.23. The van der Waals surface area contributed by atoms with E-state index in [4.69, 9.17) is 10.4 Å². The lowest BCUT2D eigenvalue weighted by Gasteiger charge is -2.07. The number of hydrogen-bond acceptors (Lipinski definition) is 8. The lowest BCUT2D eigenvalue weighted by atomic mass is 10.1. The Morgan fingerprint density at radius 2 is 1.94 bits per heavy atom. The fourth-order valence-corrected chi connectivity index (χ4v) is 3.68. The van der Waals surface area contributed by atoms with E-state index >= 15 is 0 Å². The number of hydrogen-bond donors (Lipinski definition) is 1. The van der Waals surface area contributed by atoms with Gasteiger partial charge in [-0.15, -0.1) is 10.2 Å². The molecule has 0 aliphatic carbocycles. The molecule has 0 saturated carbocycles. The van der Waals surface area contributed by atoms with Gasteiger partial charge in [-0.05, 0) is 39.0 Å².